The Bertz CT molecular complexity index is 1230. The van der Waals surface area contributed by atoms with Gasteiger partial charge in [-0.2, -0.15) is 0 Å². The molecule has 0 radical (unpaired) electrons. The number of benzene rings is 2. The predicted molar refractivity (Wildman–Crippen MR) is 183 cm³/mol. The summed E-state index contributed by atoms with van der Waals surface area (Å²) < 4.78 is 5.11. The standard InChI is InChI=1S/C35H50Cl2N2.2ClH.Pd/c1-9-24(10-2)28-19-17-20-29(25(11-3)12-4)32(28)38-23-39(35(37)34(38)36)33-30(26(13-5)14-6)21-18-22-31(33)27(15-7)16-8;;;/h17-22,24-27H,9-16H2,1-8H3;2*1H;/q;;;+2/p-2. The SMILES string of the molecule is CCC(CC)c1cccc(C(CC)CC)c1-n1c(Cl)c(Cl)n(-c2c(C(CC)CC)cccc2C(CC)CC)[c]1=[Pd]([Cl])[Cl]. The van der Waals surface area contributed by atoms with E-state index in [0.29, 0.717) is 34.0 Å². The first-order valence-corrected chi connectivity index (χ1v) is 21.5. The van der Waals surface area contributed by atoms with Crippen LogP contribution < -0.4 is 0 Å². The molecule has 0 bridgehead atoms. The van der Waals surface area contributed by atoms with Crippen LogP contribution in [0.5, 0.6) is 0 Å². The van der Waals surface area contributed by atoms with E-state index in [2.05, 4.69) is 101 Å². The van der Waals surface area contributed by atoms with Gasteiger partial charge in [-0.3, -0.25) is 0 Å². The van der Waals surface area contributed by atoms with Gasteiger partial charge in [-0.15, -0.1) is 0 Å². The van der Waals surface area contributed by atoms with Crippen LogP contribution in [0.2, 0.25) is 10.3 Å². The van der Waals surface area contributed by atoms with Crippen molar-refractivity contribution in [3.8, 4) is 11.4 Å². The number of hydrogen-bond acceptors (Lipinski definition) is 0. The number of nitrogens with zero attached hydrogens (tertiary/aromatic N) is 2. The maximum absolute atomic E-state index is 7.38. The monoisotopic (exact) mass is 744 g/mol. The second-order valence-corrected chi connectivity index (χ2v) is 17.1. The van der Waals surface area contributed by atoms with Crippen molar-refractivity contribution < 1.29 is 14.3 Å². The van der Waals surface area contributed by atoms with Gasteiger partial charge in [0.2, 0.25) is 0 Å². The third-order valence-corrected chi connectivity index (χ3v) is 12.6. The van der Waals surface area contributed by atoms with Crippen LogP contribution in [0.3, 0.4) is 0 Å². The summed E-state index contributed by atoms with van der Waals surface area (Å²) in [6, 6.07) is 13.5. The zero-order valence-corrected chi connectivity index (χ0v) is 31.2. The van der Waals surface area contributed by atoms with Gasteiger partial charge in [-0.25, -0.2) is 0 Å². The van der Waals surface area contributed by atoms with Crippen molar-refractivity contribution in [3.05, 3.63) is 72.8 Å². The summed E-state index contributed by atoms with van der Waals surface area (Å²) in [5.41, 5.74) is 7.41. The Morgan fingerprint density at radius 2 is 0.738 bits per heavy atom. The second-order valence-electron chi connectivity index (χ2n) is 11.3. The molecule has 7 heteroatoms. The van der Waals surface area contributed by atoms with Crippen molar-refractivity contribution in [3.63, 3.8) is 0 Å². The van der Waals surface area contributed by atoms with Gasteiger partial charge in [0.05, 0.1) is 0 Å². The van der Waals surface area contributed by atoms with Gasteiger partial charge in [0.1, 0.15) is 0 Å². The molecule has 2 nitrogen and oxygen atoms in total. The number of para-hydroxylation sites is 2. The maximum atomic E-state index is 7.38. The molecule has 0 aliphatic carbocycles. The molecule has 0 atom stereocenters. The molecule has 0 N–H and O–H groups in total. The van der Waals surface area contributed by atoms with Crippen molar-refractivity contribution in [2.75, 3.05) is 0 Å². The second kappa shape index (κ2) is 16.7. The van der Waals surface area contributed by atoms with E-state index < -0.39 is 14.3 Å². The topological polar surface area (TPSA) is 9.86 Å². The van der Waals surface area contributed by atoms with Gasteiger partial charge in [-0.1, -0.05) is 0 Å². The Hall–Kier alpha value is -0.528. The first-order valence-electron chi connectivity index (χ1n) is 15.9. The first-order chi connectivity index (χ1) is 20.2. The normalized spacial score (nSPS) is 12.4. The van der Waals surface area contributed by atoms with Crippen molar-refractivity contribution in [1.82, 2.24) is 9.13 Å². The third-order valence-electron chi connectivity index (χ3n) is 9.36. The first kappa shape index (κ1) is 35.9. The molecule has 238 valence electrons. The zero-order valence-electron chi connectivity index (χ0n) is 26.7. The Kier molecular flexibility index (Phi) is 14.3. The van der Waals surface area contributed by atoms with Crippen LogP contribution in [0.4, 0.5) is 0 Å². The molecule has 42 heavy (non-hydrogen) atoms. The number of aromatic nitrogens is 2. The minimum atomic E-state index is -2.26. The molecule has 2 aromatic carbocycles. The van der Waals surface area contributed by atoms with E-state index in [0.717, 1.165) is 66.6 Å². The Labute approximate surface area is 278 Å². The van der Waals surface area contributed by atoms with E-state index in [1.165, 1.54) is 22.3 Å². The Morgan fingerprint density at radius 3 is 0.929 bits per heavy atom. The van der Waals surface area contributed by atoms with Gasteiger partial charge in [0.15, 0.2) is 0 Å². The summed E-state index contributed by atoms with van der Waals surface area (Å²) in [5.74, 6) is 1.53. The van der Waals surface area contributed by atoms with Crippen molar-refractivity contribution in [1.29, 1.82) is 0 Å². The molecule has 0 aliphatic rings. The number of rotatable bonds is 14. The summed E-state index contributed by atoms with van der Waals surface area (Å²) in [6.07, 6.45) is 8.29. The molecule has 0 fully saturated rings. The van der Waals surface area contributed by atoms with E-state index in [4.69, 9.17) is 42.3 Å². The predicted octanol–water partition coefficient (Wildman–Crippen LogP) is 13.6. The molecule has 1 heterocycles. The van der Waals surface area contributed by atoms with Crippen LogP contribution in [-0.4, -0.2) is 9.13 Å². The number of imidazole rings is 1. The molecular formula is C35H50Cl4N2Pd. The Morgan fingerprint density at radius 1 is 0.500 bits per heavy atom. The fourth-order valence-corrected chi connectivity index (χ4v) is 9.99. The van der Waals surface area contributed by atoms with Crippen LogP contribution in [-0.2, 0) is 14.3 Å². The van der Waals surface area contributed by atoms with E-state index in [1.807, 2.05) is 0 Å². The zero-order chi connectivity index (χ0) is 31.1. The Balaban J connectivity index is 2.65. The van der Waals surface area contributed by atoms with Gasteiger partial charge in [-0.05, 0) is 0 Å². The van der Waals surface area contributed by atoms with Crippen LogP contribution in [0.25, 0.3) is 11.4 Å². The van der Waals surface area contributed by atoms with E-state index in [9.17, 15) is 0 Å². The fraction of sp³-hybridized carbons (Fsp3) is 0.571. The summed E-state index contributed by atoms with van der Waals surface area (Å²) >= 11 is 12.5. The molecule has 0 aliphatic heterocycles. The van der Waals surface area contributed by atoms with Gasteiger partial charge >= 0.3 is 280 Å². The summed E-state index contributed by atoms with van der Waals surface area (Å²) in [4.78, 5) is 0. The summed E-state index contributed by atoms with van der Waals surface area (Å²) in [7, 11) is 14.2. The quantitative estimate of drug-likeness (QED) is 0.145. The molecule has 0 saturated heterocycles. The molecule has 3 rings (SSSR count). The average Bonchev–Trinajstić information content (AvgIpc) is 3.25. The fourth-order valence-electron chi connectivity index (χ4n) is 6.82. The average molecular weight is 747 g/mol. The van der Waals surface area contributed by atoms with Gasteiger partial charge in [0, 0.05) is 0 Å². The third kappa shape index (κ3) is 6.98. The van der Waals surface area contributed by atoms with Crippen molar-refractivity contribution >= 4 is 42.3 Å². The molecule has 1 aromatic heterocycles. The van der Waals surface area contributed by atoms with Gasteiger partial charge in [0.25, 0.3) is 0 Å². The number of halogens is 4. The molecule has 3 aromatic rings. The molecular weight excluding hydrogens is 697 g/mol. The van der Waals surface area contributed by atoms with Crippen LogP contribution in [0.1, 0.15) is 153 Å². The van der Waals surface area contributed by atoms with Crippen LogP contribution in [0.15, 0.2) is 36.4 Å². The number of hydrogen-bond donors (Lipinski definition) is 0. The molecule has 0 unspecified atom stereocenters. The van der Waals surface area contributed by atoms with Crippen molar-refractivity contribution in [2.24, 2.45) is 0 Å². The summed E-state index contributed by atoms with van der Waals surface area (Å²) in [5, 5.41) is 0.972. The minimum absolute atomic E-state index is 0.382. The molecule has 0 spiro atoms. The van der Waals surface area contributed by atoms with E-state index in [1.54, 1.807) is 0 Å². The van der Waals surface area contributed by atoms with Gasteiger partial charge < -0.3 is 0 Å². The van der Waals surface area contributed by atoms with Crippen molar-refractivity contribution in [2.45, 2.75) is 130 Å². The molecule has 0 saturated carbocycles. The van der Waals surface area contributed by atoms with E-state index >= 15 is 0 Å². The molecule has 0 amide bonds. The summed E-state index contributed by atoms with van der Waals surface area (Å²) in [6.45, 7) is 18.1. The van der Waals surface area contributed by atoms with Crippen LogP contribution in [0, 0.1) is 3.89 Å². The van der Waals surface area contributed by atoms with Crippen LogP contribution >= 0.6 is 42.3 Å². The van der Waals surface area contributed by atoms with E-state index in [-0.39, 0.29) is 0 Å².